The highest BCUT2D eigenvalue weighted by molar-refractivity contribution is 5.78. The van der Waals surface area contributed by atoms with E-state index in [1.54, 1.807) is 7.11 Å². The van der Waals surface area contributed by atoms with Crippen molar-refractivity contribution < 1.29 is 9.53 Å². The number of carbonyl (C=O) groups excluding carboxylic acids is 1. The molecule has 0 aliphatic carbocycles. The Morgan fingerprint density at radius 1 is 1.00 bits per heavy atom. The highest BCUT2D eigenvalue weighted by atomic mass is 16.5. The monoisotopic (exact) mass is 393 g/mol. The van der Waals surface area contributed by atoms with Crippen LogP contribution in [0.25, 0.3) is 0 Å². The molecule has 1 N–H and O–H groups in total. The van der Waals surface area contributed by atoms with Crippen molar-refractivity contribution in [2.75, 3.05) is 33.3 Å². The smallest absolute Gasteiger partial charge is 0.318 e. The van der Waals surface area contributed by atoms with Gasteiger partial charge < -0.3 is 19.9 Å². The Balaban J connectivity index is 1.24. The molecule has 0 unspecified atom stereocenters. The number of ether oxygens (including phenoxy) is 1. The molecule has 2 heterocycles. The van der Waals surface area contributed by atoms with Crippen molar-refractivity contribution in [2.45, 2.75) is 37.8 Å². The summed E-state index contributed by atoms with van der Waals surface area (Å²) in [5.74, 6) is 0.843. The van der Waals surface area contributed by atoms with E-state index in [0.29, 0.717) is 6.54 Å². The molecule has 5 nitrogen and oxygen atoms in total. The van der Waals surface area contributed by atoms with Gasteiger partial charge in [-0.3, -0.25) is 0 Å². The first-order chi connectivity index (χ1) is 14.2. The third-order valence-corrected chi connectivity index (χ3v) is 6.28. The molecule has 1 spiro atoms. The molecule has 2 aromatic rings. The number of piperidine rings is 1. The van der Waals surface area contributed by atoms with E-state index in [0.717, 1.165) is 56.8 Å². The Morgan fingerprint density at radius 3 is 2.41 bits per heavy atom. The van der Waals surface area contributed by atoms with Crippen molar-refractivity contribution in [1.29, 1.82) is 0 Å². The first-order valence-corrected chi connectivity index (χ1v) is 10.6. The third-order valence-electron chi connectivity index (χ3n) is 6.28. The molecular weight excluding hydrogens is 362 g/mol. The zero-order valence-electron chi connectivity index (χ0n) is 17.3. The summed E-state index contributed by atoms with van der Waals surface area (Å²) in [4.78, 5) is 17.1. The van der Waals surface area contributed by atoms with Gasteiger partial charge in [-0.2, -0.15) is 0 Å². The maximum Gasteiger partial charge on any atom is 0.318 e. The van der Waals surface area contributed by atoms with E-state index in [4.69, 9.17) is 4.74 Å². The number of benzene rings is 2. The Hall–Kier alpha value is -2.53. The van der Waals surface area contributed by atoms with Crippen LogP contribution in [-0.4, -0.2) is 54.7 Å². The van der Waals surface area contributed by atoms with Gasteiger partial charge in [0.25, 0.3) is 0 Å². The SMILES string of the molecule is COc1ccc(CN2CC3(CCN(CCCc4ccccc4)CC3)NC2=O)cc1. The topological polar surface area (TPSA) is 44.8 Å². The molecule has 0 aromatic heterocycles. The van der Waals surface area contributed by atoms with E-state index in [1.165, 1.54) is 12.0 Å². The van der Waals surface area contributed by atoms with Gasteiger partial charge in [-0.05, 0) is 55.5 Å². The molecule has 2 aromatic carbocycles. The Labute approximate surface area is 173 Å². The molecule has 154 valence electrons. The van der Waals surface area contributed by atoms with Crippen LogP contribution in [-0.2, 0) is 13.0 Å². The number of nitrogens with one attached hydrogen (secondary N) is 1. The van der Waals surface area contributed by atoms with Gasteiger partial charge in [0.05, 0.1) is 12.6 Å². The van der Waals surface area contributed by atoms with Crippen LogP contribution in [0.1, 0.15) is 30.4 Å². The second-order valence-corrected chi connectivity index (χ2v) is 8.35. The van der Waals surface area contributed by atoms with Crippen LogP contribution in [0.5, 0.6) is 5.75 Å². The summed E-state index contributed by atoms with van der Waals surface area (Å²) in [6.45, 7) is 4.71. The minimum absolute atomic E-state index is 0.0561. The fraction of sp³-hybridized carbons (Fsp3) is 0.458. The number of aryl methyl sites for hydroxylation is 1. The van der Waals surface area contributed by atoms with Crippen LogP contribution in [0.4, 0.5) is 4.79 Å². The van der Waals surface area contributed by atoms with Crippen LogP contribution in [0.3, 0.4) is 0 Å². The van der Waals surface area contributed by atoms with Crippen LogP contribution < -0.4 is 10.1 Å². The molecule has 4 rings (SSSR count). The van der Waals surface area contributed by atoms with Crippen LogP contribution >= 0.6 is 0 Å². The van der Waals surface area contributed by atoms with E-state index in [9.17, 15) is 4.79 Å². The van der Waals surface area contributed by atoms with E-state index >= 15 is 0 Å². The van der Waals surface area contributed by atoms with Crippen molar-refractivity contribution in [3.8, 4) is 5.75 Å². The van der Waals surface area contributed by atoms with E-state index in [1.807, 2.05) is 29.2 Å². The lowest BCUT2D eigenvalue weighted by Crippen LogP contribution is -2.52. The number of urea groups is 1. The standard InChI is InChI=1S/C24H31N3O2/c1-29-22-11-9-21(10-12-22)18-27-19-24(25-23(27)28)13-16-26(17-14-24)15-5-8-20-6-3-2-4-7-20/h2-4,6-7,9-12H,5,8,13-19H2,1H3,(H,25,28). The number of hydrogen-bond acceptors (Lipinski definition) is 3. The quantitative estimate of drug-likeness (QED) is 0.780. The summed E-state index contributed by atoms with van der Waals surface area (Å²) in [7, 11) is 1.67. The van der Waals surface area contributed by atoms with Gasteiger partial charge in [-0.25, -0.2) is 4.79 Å². The molecule has 5 heteroatoms. The average Bonchev–Trinajstić information content (AvgIpc) is 3.05. The number of nitrogens with zero attached hydrogens (tertiary/aromatic N) is 2. The van der Waals surface area contributed by atoms with Crippen molar-refractivity contribution in [3.05, 3.63) is 65.7 Å². The molecule has 2 saturated heterocycles. The van der Waals surface area contributed by atoms with Crippen LogP contribution in [0.2, 0.25) is 0 Å². The molecule has 2 amide bonds. The molecule has 29 heavy (non-hydrogen) atoms. The lowest BCUT2D eigenvalue weighted by molar-refractivity contribution is 0.147. The maximum atomic E-state index is 12.6. The fourth-order valence-corrected chi connectivity index (χ4v) is 4.50. The molecule has 2 aliphatic heterocycles. The van der Waals surface area contributed by atoms with Crippen molar-refractivity contribution in [3.63, 3.8) is 0 Å². The zero-order chi connectivity index (χ0) is 20.1. The molecule has 2 aliphatic rings. The fourth-order valence-electron chi connectivity index (χ4n) is 4.50. The first-order valence-electron chi connectivity index (χ1n) is 10.6. The van der Waals surface area contributed by atoms with Crippen LogP contribution in [0, 0.1) is 0 Å². The van der Waals surface area contributed by atoms with E-state index in [-0.39, 0.29) is 11.6 Å². The molecular formula is C24H31N3O2. The van der Waals surface area contributed by atoms with Crippen LogP contribution in [0.15, 0.2) is 54.6 Å². The average molecular weight is 394 g/mol. The third kappa shape index (κ3) is 4.91. The zero-order valence-corrected chi connectivity index (χ0v) is 17.3. The second-order valence-electron chi connectivity index (χ2n) is 8.35. The first kappa shape index (κ1) is 19.8. The van der Waals surface area contributed by atoms with E-state index in [2.05, 4.69) is 40.5 Å². The number of likely N-dealkylation sites (tertiary alicyclic amines) is 1. The predicted molar refractivity (Wildman–Crippen MR) is 115 cm³/mol. The number of hydrogen-bond donors (Lipinski definition) is 1. The van der Waals surface area contributed by atoms with Gasteiger partial charge in [-0.1, -0.05) is 42.5 Å². The van der Waals surface area contributed by atoms with Gasteiger partial charge in [-0.15, -0.1) is 0 Å². The largest absolute Gasteiger partial charge is 0.497 e. The van der Waals surface area contributed by atoms with Crippen molar-refractivity contribution >= 4 is 6.03 Å². The van der Waals surface area contributed by atoms with Gasteiger partial charge in [0, 0.05) is 26.2 Å². The summed E-state index contributed by atoms with van der Waals surface area (Å²) in [6, 6.07) is 18.7. The number of amides is 2. The summed E-state index contributed by atoms with van der Waals surface area (Å²) in [5, 5.41) is 3.30. The maximum absolute atomic E-state index is 12.6. The normalized spacial score (nSPS) is 18.8. The van der Waals surface area contributed by atoms with E-state index < -0.39 is 0 Å². The summed E-state index contributed by atoms with van der Waals surface area (Å²) < 4.78 is 5.22. The Morgan fingerprint density at radius 2 is 1.72 bits per heavy atom. The van der Waals surface area contributed by atoms with Gasteiger partial charge in [0.15, 0.2) is 0 Å². The Bertz CT molecular complexity index is 799. The number of carbonyl (C=O) groups is 1. The highest BCUT2D eigenvalue weighted by Crippen LogP contribution is 2.29. The van der Waals surface area contributed by atoms with Crippen molar-refractivity contribution in [2.24, 2.45) is 0 Å². The summed E-state index contributed by atoms with van der Waals surface area (Å²) in [5.41, 5.74) is 2.49. The number of rotatable bonds is 7. The minimum atomic E-state index is -0.0561. The van der Waals surface area contributed by atoms with Gasteiger partial charge in [0.1, 0.15) is 5.75 Å². The summed E-state index contributed by atoms with van der Waals surface area (Å²) in [6.07, 6.45) is 4.38. The van der Waals surface area contributed by atoms with Crippen molar-refractivity contribution in [1.82, 2.24) is 15.1 Å². The lowest BCUT2D eigenvalue weighted by atomic mass is 9.88. The number of methoxy groups -OCH3 is 1. The molecule has 2 fully saturated rings. The molecule has 0 saturated carbocycles. The molecule has 0 bridgehead atoms. The summed E-state index contributed by atoms with van der Waals surface area (Å²) >= 11 is 0. The van der Waals surface area contributed by atoms with Gasteiger partial charge in [0.2, 0.25) is 0 Å². The molecule has 0 atom stereocenters. The Kier molecular flexibility index (Phi) is 6.05. The predicted octanol–water partition coefficient (Wildman–Crippen LogP) is 3.69. The highest BCUT2D eigenvalue weighted by Gasteiger charge is 2.44. The van der Waals surface area contributed by atoms with Gasteiger partial charge >= 0.3 is 6.03 Å². The second kappa shape index (κ2) is 8.87. The lowest BCUT2D eigenvalue weighted by Gasteiger charge is -2.38. The minimum Gasteiger partial charge on any atom is -0.497 e. The molecule has 0 radical (unpaired) electrons.